The van der Waals surface area contributed by atoms with Crippen LogP contribution in [0.5, 0.6) is 5.75 Å². The van der Waals surface area contributed by atoms with Gasteiger partial charge in [0.05, 0.1) is 17.9 Å². The molecule has 0 aliphatic rings. The average Bonchev–Trinajstić information content (AvgIpc) is 3.26. The van der Waals surface area contributed by atoms with E-state index in [1.807, 2.05) is 19.1 Å². The van der Waals surface area contributed by atoms with Crippen molar-refractivity contribution >= 4 is 41.3 Å². The zero-order valence-corrected chi connectivity index (χ0v) is 15.7. The van der Waals surface area contributed by atoms with E-state index in [9.17, 15) is 4.79 Å². The van der Waals surface area contributed by atoms with E-state index in [0.29, 0.717) is 27.3 Å². The molecule has 0 aliphatic carbocycles. The van der Waals surface area contributed by atoms with Gasteiger partial charge in [-0.2, -0.15) is 0 Å². The number of ether oxygens (including phenoxy) is 1. The van der Waals surface area contributed by atoms with E-state index in [1.54, 1.807) is 30.4 Å². The summed E-state index contributed by atoms with van der Waals surface area (Å²) in [7, 11) is 1.53. The van der Waals surface area contributed by atoms with Gasteiger partial charge in [0.15, 0.2) is 5.78 Å². The highest BCUT2D eigenvalue weighted by Gasteiger charge is 2.11. The molecule has 1 aromatic carbocycles. The van der Waals surface area contributed by atoms with Gasteiger partial charge in [-0.25, -0.2) is 4.98 Å². The summed E-state index contributed by atoms with van der Waals surface area (Å²) < 4.78 is 10.5. The minimum atomic E-state index is -0.0625. The van der Waals surface area contributed by atoms with E-state index in [-0.39, 0.29) is 11.5 Å². The third kappa shape index (κ3) is 4.56. The van der Waals surface area contributed by atoms with Gasteiger partial charge in [0.25, 0.3) is 0 Å². The monoisotopic (exact) mass is 389 g/mol. The Morgan fingerprint density at radius 3 is 2.88 bits per heavy atom. The number of hydrogen-bond acceptors (Lipinski definition) is 6. The first-order chi connectivity index (χ1) is 12.5. The second kappa shape index (κ2) is 8.25. The number of nitrogens with one attached hydrogen (secondary N) is 1. The van der Waals surface area contributed by atoms with Crippen molar-refractivity contribution in [2.45, 2.75) is 12.1 Å². The van der Waals surface area contributed by atoms with Gasteiger partial charge >= 0.3 is 0 Å². The number of halogens is 1. The average molecular weight is 390 g/mol. The number of nitrogens with zero attached hydrogens (tertiary/aromatic N) is 2. The fourth-order valence-corrected chi connectivity index (χ4v) is 3.11. The Bertz CT molecular complexity index is 949. The molecule has 2 aromatic heterocycles. The predicted octanol–water partition coefficient (Wildman–Crippen LogP) is 4.51. The first-order valence-electron chi connectivity index (χ1n) is 7.71. The van der Waals surface area contributed by atoms with Crippen LogP contribution in [-0.2, 0) is 0 Å². The lowest BCUT2D eigenvalue weighted by molar-refractivity contribution is 0.102. The smallest absolute Gasteiger partial charge is 0.209 e. The summed E-state index contributed by atoms with van der Waals surface area (Å²) in [5.74, 6) is 2.85. The summed E-state index contributed by atoms with van der Waals surface area (Å²) in [5, 5.41) is 7.80. The predicted molar refractivity (Wildman–Crippen MR) is 102 cm³/mol. The number of thioether (sulfide) groups is 1. The van der Waals surface area contributed by atoms with Crippen molar-refractivity contribution in [1.29, 1.82) is 0 Å². The number of methoxy groups -OCH3 is 1. The van der Waals surface area contributed by atoms with Gasteiger partial charge in [0, 0.05) is 5.56 Å². The van der Waals surface area contributed by atoms with E-state index >= 15 is 0 Å². The first kappa shape index (κ1) is 18.3. The lowest BCUT2D eigenvalue weighted by Gasteiger charge is -2.04. The molecule has 2 heterocycles. The lowest BCUT2D eigenvalue weighted by atomic mass is 10.1. The van der Waals surface area contributed by atoms with Crippen molar-refractivity contribution < 1.29 is 13.9 Å². The highest BCUT2D eigenvalue weighted by molar-refractivity contribution is 7.99. The molecule has 0 saturated heterocycles. The van der Waals surface area contributed by atoms with Crippen LogP contribution in [0.1, 0.15) is 27.7 Å². The van der Waals surface area contributed by atoms with E-state index in [1.165, 1.54) is 18.9 Å². The van der Waals surface area contributed by atoms with Crippen LogP contribution in [0, 0.1) is 6.92 Å². The number of H-pyrrole nitrogens is 1. The number of aromatic nitrogens is 3. The van der Waals surface area contributed by atoms with Gasteiger partial charge in [-0.15, -0.1) is 5.10 Å². The molecule has 0 atom stereocenters. The summed E-state index contributed by atoms with van der Waals surface area (Å²) in [6.45, 7) is 1.88. The van der Waals surface area contributed by atoms with Crippen molar-refractivity contribution in [3.05, 3.63) is 58.3 Å². The maximum absolute atomic E-state index is 12.3. The number of carbonyl (C=O) groups is 1. The number of aromatic amines is 1. The molecule has 26 heavy (non-hydrogen) atoms. The molecule has 0 fully saturated rings. The normalized spacial score (nSPS) is 11.2. The Morgan fingerprint density at radius 2 is 2.19 bits per heavy atom. The molecule has 3 aromatic rings. The van der Waals surface area contributed by atoms with Crippen molar-refractivity contribution in [2.75, 3.05) is 12.9 Å². The number of rotatable bonds is 7. The van der Waals surface area contributed by atoms with E-state index in [4.69, 9.17) is 20.8 Å². The molecule has 0 saturated carbocycles. The van der Waals surface area contributed by atoms with Crippen molar-refractivity contribution in [3.63, 3.8) is 0 Å². The molecule has 3 rings (SSSR count). The molecular formula is C18H16ClN3O3S. The topological polar surface area (TPSA) is 81.0 Å². The highest BCUT2D eigenvalue weighted by Crippen LogP contribution is 2.26. The van der Waals surface area contributed by atoms with Gasteiger partial charge in [0.1, 0.15) is 23.1 Å². The molecule has 0 radical (unpaired) electrons. The van der Waals surface area contributed by atoms with Crippen LogP contribution in [0.2, 0.25) is 5.02 Å². The highest BCUT2D eigenvalue weighted by atomic mass is 35.5. The molecule has 8 heteroatoms. The Kier molecular flexibility index (Phi) is 5.80. The maximum atomic E-state index is 12.3. The van der Waals surface area contributed by atoms with Crippen LogP contribution in [-0.4, -0.2) is 33.8 Å². The second-order valence-electron chi connectivity index (χ2n) is 5.35. The minimum absolute atomic E-state index is 0.0625. The van der Waals surface area contributed by atoms with Crippen molar-refractivity contribution in [3.8, 4) is 5.75 Å². The molecular weight excluding hydrogens is 374 g/mol. The van der Waals surface area contributed by atoms with Crippen LogP contribution in [0.25, 0.3) is 12.2 Å². The standard InChI is InChI=1S/C18H16ClN3O3S/c1-11-3-5-13(25-11)6-8-17-20-18(22-21-17)26-10-15(23)12-4-7-16(24-2)14(19)9-12/h3-9H,10H2,1-2H3,(H,20,21,22). The Hall–Kier alpha value is -2.51. The minimum Gasteiger partial charge on any atom is -0.495 e. The van der Waals surface area contributed by atoms with E-state index < -0.39 is 0 Å². The Balaban J connectivity index is 1.58. The summed E-state index contributed by atoms with van der Waals surface area (Å²) >= 11 is 7.30. The van der Waals surface area contributed by atoms with Crippen molar-refractivity contribution in [2.24, 2.45) is 0 Å². The summed E-state index contributed by atoms with van der Waals surface area (Å²) in [6, 6.07) is 8.72. The van der Waals surface area contributed by atoms with Gasteiger partial charge in [-0.05, 0) is 49.4 Å². The Morgan fingerprint density at radius 1 is 1.35 bits per heavy atom. The summed E-state index contributed by atoms with van der Waals surface area (Å²) in [5.41, 5.74) is 0.521. The third-order valence-corrected chi connectivity index (χ3v) is 4.60. The third-order valence-electron chi connectivity index (χ3n) is 3.45. The van der Waals surface area contributed by atoms with Gasteiger partial charge in [-0.3, -0.25) is 9.89 Å². The molecule has 0 amide bonds. The molecule has 0 bridgehead atoms. The van der Waals surface area contributed by atoms with Crippen LogP contribution in [0.15, 0.2) is 39.9 Å². The molecule has 1 N–H and O–H groups in total. The molecule has 0 aliphatic heterocycles. The number of ketones is 1. The van der Waals surface area contributed by atoms with Crippen LogP contribution in [0.3, 0.4) is 0 Å². The Labute approximate surface area is 159 Å². The van der Waals surface area contributed by atoms with E-state index in [2.05, 4.69) is 15.2 Å². The SMILES string of the molecule is COc1ccc(C(=O)CSc2n[nH]c(C=Cc3ccc(C)o3)n2)cc1Cl. The molecule has 6 nitrogen and oxygen atoms in total. The fourth-order valence-electron chi connectivity index (χ4n) is 2.15. The number of hydrogen-bond donors (Lipinski definition) is 1. The number of aryl methyl sites for hydroxylation is 1. The van der Waals surface area contributed by atoms with Crippen LogP contribution < -0.4 is 4.74 Å². The van der Waals surface area contributed by atoms with E-state index in [0.717, 1.165) is 11.5 Å². The lowest BCUT2D eigenvalue weighted by Crippen LogP contribution is -2.03. The quantitative estimate of drug-likeness (QED) is 0.473. The number of Topliss-reactive ketones (excluding diaryl/α,β-unsaturated/α-hetero) is 1. The number of carbonyl (C=O) groups excluding carboxylic acids is 1. The van der Waals surface area contributed by atoms with Gasteiger partial charge in [-0.1, -0.05) is 23.4 Å². The largest absolute Gasteiger partial charge is 0.495 e. The number of benzene rings is 1. The zero-order chi connectivity index (χ0) is 18.5. The van der Waals surface area contributed by atoms with Crippen LogP contribution in [0.4, 0.5) is 0 Å². The molecule has 0 unspecified atom stereocenters. The molecule has 0 spiro atoms. The summed E-state index contributed by atoms with van der Waals surface area (Å²) in [6.07, 6.45) is 3.56. The second-order valence-corrected chi connectivity index (χ2v) is 6.70. The first-order valence-corrected chi connectivity index (χ1v) is 9.08. The van der Waals surface area contributed by atoms with Gasteiger partial charge < -0.3 is 9.15 Å². The number of furan rings is 1. The fraction of sp³-hybridized carbons (Fsp3) is 0.167. The van der Waals surface area contributed by atoms with Crippen LogP contribution >= 0.6 is 23.4 Å². The van der Waals surface area contributed by atoms with Crippen molar-refractivity contribution in [1.82, 2.24) is 15.2 Å². The van der Waals surface area contributed by atoms with Gasteiger partial charge in [0.2, 0.25) is 5.16 Å². The maximum Gasteiger partial charge on any atom is 0.209 e. The summed E-state index contributed by atoms with van der Waals surface area (Å²) in [4.78, 5) is 16.6. The zero-order valence-electron chi connectivity index (χ0n) is 14.2. The molecule has 134 valence electrons.